The summed E-state index contributed by atoms with van der Waals surface area (Å²) in [5.41, 5.74) is 1.68. The fourth-order valence-electron chi connectivity index (χ4n) is 2.80. The summed E-state index contributed by atoms with van der Waals surface area (Å²) in [4.78, 5) is 24.6. The van der Waals surface area contributed by atoms with Gasteiger partial charge in [0, 0.05) is 11.8 Å². The third-order valence-corrected chi connectivity index (χ3v) is 5.55. The van der Waals surface area contributed by atoms with E-state index in [1.165, 1.54) is 33.3 Å². The number of carbonyl (C=O) groups is 2. The standard InChI is InChI=1S/C20H24N2O6S/c1-13-9-10-15(20(24)28-4)11-18(13)21-19(23)14(2)22(29(5,25)26)16-7-6-8-17(12-16)27-3/h6-12,14H,1-5H3,(H,21,23). The summed E-state index contributed by atoms with van der Waals surface area (Å²) in [6.07, 6.45) is 1.03. The highest BCUT2D eigenvalue weighted by atomic mass is 32.2. The summed E-state index contributed by atoms with van der Waals surface area (Å²) in [7, 11) is -1.04. The van der Waals surface area contributed by atoms with E-state index in [9.17, 15) is 18.0 Å². The number of nitrogens with one attached hydrogen (secondary N) is 1. The first-order chi connectivity index (χ1) is 13.6. The molecule has 0 spiro atoms. The topological polar surface area (TPSA) is 102 Å². The molecule has 1 atom stereocenters. The van der Waals surface area contributed by atoms with Crippen LogP contribution in [0.3, 0.4) is 0 Å². The maximum absolute atomic E-state index is 12.9. The van der Waals surface area contributed by atoms with Gasteiger partial charge in [0.25, 0.3) is 0 Å². The third-order valence-electron chi connectivity index (χ3n) is 4.31. The van der Waals surface area contributed by atoms with Crippen molar-refractivity contribution in [3.63, 3.8) is 0 Å². The Balaban J connectivity index is 2.36. The first-order valence-corrected chi connectivity index (χ1v) is 10.6. The molecule has 0 aliphatic heterocycles. The lowest BCUT2D eigenvalue weighted by Crippen LogP contribution is -2.45. The average molecular weight is 420 g/mol. The van der Waals surface area contributed by atoms with Crippen molar-refractivity contribution in [1.82, 2.24) is 0 Å². The quantitative estimate of drug-likeness (QED) is 0.691. The van der Waals surface area contributed by atoms with Gasteiger partial charge in [-0.2, -0.15) is 0 Å². The van der Waals surface area contributed by atoms with Crippen LogP contribution >= 0.6 is 0 Å². The van der Waals surface area contributed by atoms with Crippen molar-refractivity contribution in [2.24, 2.45) is 0 Å². The number of methoxy groups -OCH3 is 2. The van der Waals surface area contributed by atoms with Crippen molar-refractivity contribution in [3.05, 3.63) is 53.6 Å². The Morgan fingerprint density at radius 2 is 1.79 bits per heavy atom. The molecule has 156 valence electrons. The van der Waals surface area contributed by atoms with Gasteiger partial charge in [-0.05, 0) is 43.7 Å². The van der Waals surface area contributed by atoms with Gasteiger partial charge in [-0.25, -0.2) is 13.2 Å². The van der Waals surface area contributed by atoms with Gasteiger partial charge in [0.2, 0.25) is 15.9 Å². The summed E-state index contributed by atoms with van der Waals surface area (Å²) in [6.45, 7) is 3.24. The summed E-state index contributed by atoms with van der Waals surface area (Å²) in [5, 5.41) is 2.70. The molecule has 0 bridgehead atoms. The van der Waals surface area contributed by atoms with E-state index in [0.717, 1.165) is 10.6 Å². The van der Waals surface area contributed by atoms with E-state index in [4.69, 9.17) is 9.47 Å². The second-order valence-corrected chi connectivity index (χ2v) is 8.31. The van der Waals surface area contributed by atoms with Gasteiger partial charge in [0.15, 0.2) is 0 Å². The number of benzene rings is 2. The van der Waals surface area contributed by atoms with E-state index in [-0.39, 0.29) is 5.56 Å². The minimum absolute atomic E-state index is 0.272. The smallest absolute Gasteiger partial charge is 0.337 e. The fourth-order valence-corrected chi connectivity index (χ4v) is 3.96. The Kier molecular flexibility index (Phi) is 6.86. The number of esters is 1. The zero-order valence-electron chi connectivity index (χ0n) is 16.9. The van der Waals surface area contributed by atoms with E-state index >= 15 is 0 Å². The van der Waals surface area contributed by atoms with Crippen LogP contribution in [0.1, 0.15) is 22.8 Å². The predicted octanol–water partition coefficient (Wildman–Crippen LogP) is 2.58. The molecular weight excluding hydrogens is 396 g/mol. The number of carbonyl (C=O) groups excluding carboxylic acids is 2. The first kappa shape index (κ1) is 22.2. The van der Waals surface area contributed by atoms with E-state index < -0.39 is 27.9 Å². The molecule has 0 aliphatic carbocycles. The lowest BCUT2D eigenvalue weighted by atomic mass is 10.1. The number of sulfonamides is 1. The van der Waals surface area contributed by atoms with Crippen molar-refractivity contribution >= 4 is 33.3 Å². The lowest BCUT2D eigenvalue weighted by molar-refractivity contribution is -0.116. The van der Waals surface area contributed by atoms with E-state index in [2.05, 4.69) is 5.32 Å². The van der Waals surface area contributed by atoms with Crippen LogP contribution in [0.5, 0.6) is 5.75 Å². The van der Waals surface area contributed by atoms with Crippen LogP contribution in [0.4, 0.5) is 11.4 Å². The highest BCUT2D eigenvalue weighted by Gasteiger charge is 2.29. The molecule has 0 heterocycles. The number of hydrogen-bond acceptors (Lipinski definition) is 6. The van der Waals surface area contributed by atoms with Crippen LogP contribution in [0.15, 0.2) is 42.5 Å². The van der Waals surface area contributed by atoms with Gasteiger partial charge in [0.05, 0.1) is 31.7 Å². The molecule has 2 rings (SSSR count). The number of hydrogen-bond donors (Lipinski definition) is 1. The Morgan fingerprint density at radius 1 is 1.10 bits per heavy atom. The van der Waals surface area contributed by atoms with Gasteiger partial charge in [0.1, 0.15) is 11.8 Å². The number of amides is 1. The minimum atomic E-state index is -3.77. The average Bonchev–Trinajstić information content (AvgIpc) is 2.68. The Hall–Kier alpha value is -3.07. The molecule has 2 aromatic carbocycles. The molecule has 0 saturated heterocycles. The largest absolute Gasteiger partial charge is 0.497 e. The summed E-state index contributed by atoms with van der Waals surface area (Å²) in [5.74, 6) is -0.628. The molecule has 9 heteroatoms. The molecule has 8 nitrogen and oxygen atoms in total. The number of ether oxygens (including phenoxy) is 2. The Labute approximate surface area is 170 Å². The second kappa shape index (κ2) is 8.95. The zero-order valence-corrected chi connectivity index (χ0v) is 17.7. The SMILES string of the molecule is COC(=O)c1ccc(C)c(NC(=O)C(C)N(c2cccc(OC)c2)S(C)(=O)=O)c1. The summed E-state index contributed by atoms with van der Waals surface area (Å²) in [6, 6.07) is 10.1. The van der Waals surface area contributed by atoms with Crippen molar-refractivity contribution in [1.29, 1.82) is 0 Å². The molecule has 0 radical (unpaired) electrons. The molecule has 0 aliphatic rings. The zero-order chi connectivity index (χ0) is 21.8. The molecular formula is C20H24N2O6S. The monoisotopic (exact) mass is 420 g/mol. The first-order valence-electron chi connectivity index (χ1n) is 8.71. The summed E-state index contributed by atoms with van der Waals surface area (Å²) >= 11 is 0. The number of nitrogens with zero attached hydrogens (tertiary/aromatic N) is 1. The molecule has 0 aromatic heterocycles. The van der Waals surface area contributed by atoms with Crippen LogP contribution in [-0.4, -0.2) is 46.8 Å². The van der Waals surface area contributed by atoms with Gasteiger partial charge in [-0.3, -0.25) is 9.10 Å². The van der Waals surface area contributed by atoms with Crippen molar-refractivity contribution in [3.8, 4) is 5.75 Å². The maximum atomic E-state index is 12.9. The Morgan fingerprint density at radius 3 is 2.38 bits per heavy atom. The number of rotatable bonds is 7. The number of anilines is 2. The molecule has 0 fully saturated rings. The van der Waals surface area contributed by atoms with Gasteiger partial charge >= 0.3 is 5.97 Å². The van der Waals surface area contributed by atoms with Crippen molar-refractivity contribution in [2.75, 3.05) is 30.1 Å². The molecule has 0 saturated carbocycles. The predicted molar refractivity (Wildman–Crippen MR) is 111 cm³/mol. The fraction of sp³-hybridized carbons (Fsp3) is 0.300. The lowest BCUT2D eigenvalue weighted by Gasteiger charge is -2.28. The molecule has 29 heavy (non-hydrogen) atoms. The van der Waals surface area contributed by atoms with Gasteiger partial charge < -0.3 is 14.8 Å². The number of aryl methyl sites for hydroxylation is 1. The molecule has 1 unspecified atom stereocenters. The molecule has 2 aromatic rings. The highest BCUT2D eigenvalue weighted by Crippen LogP contribution is 2.26. The minimum Gasteiger partial charge on any atom is -0.497 e. The molecule has 1 amide bonds. The van der Waals surface area contributed by atoms with E-state index in [0.29, 0.717) is 22.7 Å². The summed E-state index contributed by atoms with van der Waals surface area (Å²) < 4.78 is 35.7. The second-order valence-electron chi connectivity index (χ2n) is 6.45. The van der Waals surface area contributed by atoms with Gasteiger partial charge in [-0.15, -0.1) is 0 Å². The third kappa shape index (κ3) is 5.26. The highest BCUT2D eigenvalue weighted by molar-refractivity contribution is 7.92. The normalized spacial score (nSPS) is 12.0. The van der Waals surface area contributed by atoms with Crippen LogP contribution in [0.25, 0.3) is 0 Å². The van der Waals surface area contributed by atoms with Gasteiger partial charge in [-0.1, -0.05) is 12.1 Å². The Bertz CT molecular complexity index is 1020. The van der Waals surface area contributed by atoms with E-state index in [1.807, 2.05) is 0 Å². The van der Waals surface area contributed by atoms with E-state index in [1.54, 1.807) is 37.3 Å². The molecule has 1 N–H and O–H groups in total. The van der Waals surface area contributed by atoms with Crippen molar-refractivity contribution < 1.29 is 27.5 Å². The van der Waals surface area contributed by atoms with Crippen LogP contribution in [-0.2, 0) is 19.6 Å². The van der Waals surface area contributed by atoms with Crippen molar-refractivity contribution in [2.45, 2.75) is 19.9 Å². The van der Waals surface area contributed by atoms with Crippen LogP contribution < -0.4 is 14.4 Å². The van der Waals surface area contributed by atoms with Crippen LogP contribution in [0, 0.1) is 6.92 Å². The van der Waals surface area contributed by atoms with Crippen LogP contribution in [0.2, 0.25) is 0 Å². The maximum Gasteiger partial charge on any atom is 0.337 e.